The summed E-state index contributed by atoms with van der Waals surface area (Å²) < 4.78 is 10.7. The van der Waals surface area contributed by atoms with E-state index >= 15 is 0 Å². The van der Waals surface area contributed by atoms with Gasteiger partial charge in [0.15, 0.2) is 11.5 Å². The molecule has 34 heavy (non-hydrogen) atoms. The third-order valence-electron chi connectivity index (χ3n) is 5.70. The van der Waals surface area contributed by atoms with Crippen molar-refractivity contribution in [2.75, 3.05) is 43.4 Å². The lowest BCUT2D eigenvalue weighted by Crippen LogP contribution is -2.32. The average Bonchev–Trinajstić information content (AvgIpc) is 3.08. The van der Waals surface area contributed by atoms with Gasteiger partial charge in [0.25, 0.3) is 11.8 Å². The van der Waals surface area contributed by atoms with Crippen LogP contribution in [-0.4, -0.2) is 40.1 Å². The van der Waals surface area contributed by atoms with Crippen molar-refractivity contribution < 1.29 is 19.1 Å². The molecule has 0 spiro atoms. The summed E-state index contributed by atoms with van der Waals surface area (Å²) in [6, 6.07) is 20.2. The quantitative estimate of drug-likeness (QED) is 0.528. The summed E-state index contributed by atoms with van der Waals surface area (Å²) >= 11 is 0. The standard InChI is InChI=1S/C27H27N3O4/c1-17-6-8-18(9-7-17)24-25(28-19-10-12-20(13-11-19)29(2)3)27(32)30(26(24)31)21-14-15-22(33-4)23(16-21)34-5/h6-16,28H,1-5H3. The number of amides is 2. The maximum atomic E-state index is 13.6. The molecule has 2 amide bonds. The number of hydrogen-bond acceptors (Lipinski definition) is 6. The number of benzene rings is 3. The van der Waals surface area contributed by atoms with Gasteiger partial charge < -0.3 is 19.7 Å². The lowest BCUT2D eigenvalue weighted by molar-refractivity contribution is -0.120. The molecule has 3 aromatic carbocycles. The maximum Gasteiger partial charge on any atom is 0.282 e. The first kappa shape index (κ1) is 22.9. The fourth-order valence-corrected chi connectivity index (χ4v) is 3.82. The second-order valence-electron chi connectivity index (χ2n) is 8.17. The highest BCUT2D eigenvalue weighted by atomic mass is 16.5. The van der Waals surface area contributed by atoms with Crippen LogP contribution in [0.3, 0.4) is 0 Å². The third-order valence-corrected chi connectivity index (χ3v) is 5.70. The van der Waals surface area contributed by atoms with Gasteiger partial charge in [0.2, 0.25) is 0 Å². The second-order valence-corrected chi connectivity index (χ2v) is 8.17. The number of anilines is 3. The first-order valence-electron chi connectivity index (χ1n) is 10.8. The zero-order valence-corrected chi connectivity index (χ0v) is 19.9. The largest absolute Gasteiger partial charge is 0.493 e. The normalized spacial score (nSPS) is 13.4. The SMILES string of the molecule is COc1ccc(N2C(=O)C(Nc3ccc(N(C)C)cc3)=C(c3ccc(C)cc3)C2=O)cc1OC. The molecule has 0 radical (unpaired) electrons. The fraction of sp³-hybridized carbons (Fsp3) is 0.185. The van der Waals surface area contributed by atoms with Gasteiger partial charge in [-0.25, -0.2) is 4.90 Å². The Morgan fingerprint density at radius 3 is 2.03 bits per heavy atom. The van der Waals surface area contributed by atoms with Crippen LogP contribution in [0.15, 0.2) is 72.4 Å². The molecular weight excluding hydrogens is 430 g/mol. The van der Waals surface area contributed by atoms with Crippen LogP contribution >= 0.6 is 0 Å². The number of nitrogens with zero attached hydrogens (tertiary/aromatic N) is 2. The number of imide groups is 1. The van der Waals surface area contributed by atoms with Crippen molar-refractivity contribution in [3.8, 4) is 11.5 Å². The Morgan fingerprint density at radius 1 is 0.794 bits per heavy atom. The molecule has 7 nitrogen and oxygen atoms in total. The van der Waals surface area contributed by atoms with Crippen molar-refractivity contribution >= 4 is 34.4 Å². The maximum absolute atomic E-state index is 13.6. The van der Waals surface area contributed by atoms with Gasteiger partial charge in [0, 0.05) is 31.5 Å². The summed E-state index contributed by atoms with van der Waals surface area (Å²) in [6.07, 6.45) is 0. The van der Waals surface area contributed by atoms with E-state index in [9.17, 15) is 9.59 Å². The van der Waals surface area contributed by atoms with E-state index in [1.807, 2.05) is 74.4 Å². The van der Waals surface area contributed by atoms with Crippen molar-refractivity contribution in [2.45, 2.75) is 6.92 Å². The van der Waals surface area contributed by atoms with Gasteiger partial charge in [0.05, 0.1) is 25.5 Å². The van der Waals surface area contributed by atoms with E-state index in [1.54, 1.807) is 18.2 Å². The first-order chi connectivity index (χ1) is 16.3. The van der Waals surface area contributed by atoms with Gasteiger partial charge in [-0.2, -0.15) is 0 Å². The topological polar surface area (TPSA) is 71.1 Å². The van der Waals surface area contributed by atoms with Crippen molar-refractivity contribution in [2.24, 2.45) is 0 Å². The summed E-state index contributed by atoms with van der Waals surface area (Å²) in [5.41, 5.74) is 4.40. The number of rotatable bonds is 7. The molecule has 1 heterocycles. The van der Waals surface area contributed by atoms with Crippen LogP contribution in [0.2, 0.25) is 0 Å². The predicted octanol–water partition coefficient (Wildman–Crippen LogP) is 4.47. The van der Waals surface area contributed by atoms with E-state index < -0.39 is 11.8 Å². The van der Waals surface area contributed by atoms with Crippen LogP contribution in [0.4, 0.5) is 17.1 Å². The van der Waals surface area contributed by atoms with E-state index in [4.69, 9.17) is 9.47 Å². The number of hydrogen-bond donors (Lipinski definition) is 1. The minimum Gasteiger partial charge on any atom is -0.493 e. The molecule has 0 atom stereocenters. The molecule has 1 aliphatic heterocycles. The fourth-order valence-electron chi connectivity index (χ4n) is 3.82. The summed E-state index contributed by atoms with van der Waals surface area (Å²) in [6.45, 7) is 1.97. The van der Waals surface area contributed by atoms with Crippen molar-refractivity contribution in [1.82, 2.24) is 0 Å². The Hall–Kier alpha value is -4.26. The van der Waals surface area contributed by atoms with E-state index in [1.165, 1.54) is 14.2 Å². The molecule has 4 rings (SSSR count). The van der Waals surface area contributed by atoms with Crippen LogP contribution in [-0.2, 0) is 9.59 Å². The molecule has 174 valence electrons. The van der Waals surface area contributed by atoms with Gasteiger partial charge in [-0.15, -0.1) is 0 Å². The van der Waals surface area contributed by atoms with Crippen LogP contribution in [0.5, 0.6) is 11.5 Å². The van der Waals surface area contributed by atoms with Gasteiger partial charge in [-0.3, -0.25) is 9.59 Å². The molecule has 0 aromatic heterocycles. The highest BCUT2D eigenvalue weighted by molar-refractivity contribution is 6.46. The molecule has 7 heteroatoms. The molecule has 1 aliphatic rings. The molecule has 1 N–H and O–H groups in total. The molecule has 0 unspecified atom stereocenters. The Balaban J connectivity index is 1.78. The minimum absolute atomic E-state index is 0.223. The zero-order chi connectivity index (χ0) is 24.4. The molecule has 0 saturated carbocycles. The van der Waals surface area contributed by atoms with E-state index in [0.29, 0.717) is 34.0 Å². The molecule has 0 saturated heterocycles. The van der Waals surface area contributed by atoms with Gasteiger partial charge >= 0.3 is 0 Å². The number of ether oxygens (including phenoxy) is 2. The smallest absolute Gasteiger partial charge is 0.282 e. The minimum atomic E-state index is -0.440. The van der Waals surface area contributed by atoms with Crippen molar-refractivity contribution in [3.63, 3.8) is 0 Å². The van der Waals surface area contributed by atoms with E-state index in [-0.39, 0.29) is 5.70 Å². The monoisotopic (exact) mass is 457 g/mol. The molecule has 0 fully saturated rings. The average molecular weight is 458 g/mol. The summed E-state index contributed by atoms with van der Waals surface area (Å²) in [5, 5.41) is 3.19. The van der Waals surface area contributed by atoms with Gasteiger partial charge in [-0.05, 0) is 48.9 Å². The lowest BCUT2D eigenvalue weighted by Gasteiger charge is -2.17. The second kappa shape index (κ2) is 9.31. The highest BCUT2D eigenvalue weighted by Gasteiger charge is 2.40. The lowest BCUT2D eigenvalue weighted by atomic mass is 10.0. The number of nitrogens with one attached hydrogen (secondary N) is 1. The van der Waals surface area contributed by atoms with Crippen LogP contribution < -0.4 is 24.6 Å². The van der Waals surface area contributed by atoms with E-state index in [2.05, 4.69) is 5.32 Å². The van der Waals surface area contributed by atoms with E-state index in [0.717, 1.165) is 16.2 Å². The Labute approximate surface area is 199 Å². The molecule has 0 aliphatic carbocycles. The van der Waals surface area contributed by atoms with Crippen LogP contribution in [0.25, 0.3) is 5.57 Å². The Bertz CT molecular complexity index is 1260. The van der Waals surface area contributed by atoms with Crippen LogP contribution in [0.1, 0.15) is 11.1 Å². The number of carbonyl (C=O) groups excluding carboxylic acids is 2. The van der Waals surface area contributed by atoms with Crippen molar-refractivity contribution in [3.05, 3.63) is 83.6 Å². The number of methoxy groups -OCH3 is 2. The van der Waals surface area contributed by atoms with Gasteiger partial charge in [-0.1, -0.05) is 29.8 Å². The first-order valence-corrected chi connectivity index (χ1v) is 10.8. The zero-order valence-electron chi connectivity index (χ0n) is 19.9. The van der Waals surface area contributed by atoms with Gasteiger partial charge in [0.1, 0.15) is 5.70 Å². The third kappa shape index (κ3) is 4.20. The van der Waals surface area contributed by atoms with Crippen molar-refractivity contribution in [1.29, 1.82) is 0 Å². The Morgan fingerprint density at radius 2 is 1.44 bits per heavy atom. The predicted molar refractivity (Wildman–Crippen MR) is 135 cm³/mol. The Kier molecular flexibility index (Phi) is 6.27. The highest BCUT2D eigenvalue weighted by Crippen LogP contribution is 2.37. The summed E-state index contributed by atoms with van der Waals surface area (Å²) in [4.78, 5) is 30.4. The molecule has 3 aromatic rings. The molecular formula is C27H27N3O4. The number of aryl methyl sites for hydroxylation is 1. The summed E-state index contributed by atoms with van der Waals surface area (Å²) in [5.74, 6) is 0.0903. The molecule has 0 bridgehead atoms. The number of carbonyl (C=O) groups is 2. The van der Waals surface area contributed by atoms with Crippen LogP contribution in [0, 0.1) is 6.92 Å². The summed E-state index contributed by atoms with van der Waals surface area (Å²) in [7, 11) is 6.96.